The summed E-state index contributed by atoms with van der Waals surface area (Å²) in [7, 11) is 0. The minimum absolute atomic E-state index is 0.400. The van der Waals surface area contributed by atoms with Crippen LogP contribution in [0.5, 0.6) is 0 Å². The molecule has 140 valence electrons. The topological polar surface area (TPSA) is 17.1 Å². The fraction of sp³-hybridized carbons (Fsp3) is 0.870. The van der Waals surface area contributed by atoms with E-state index in [9.17, 15) is 4.79 Å². The molecule has 0 N–H and O–H groups in total. The predicted molar refractivity (Wildman–Crippen MR) is 106 cm³/mol. The second-order valence-electron chi connectivity index (χ2n) is 7.96. The average Bonchev–Trinajstić information content (AvgIpc) is 2.60. The highest BCUT2D eigenvalue weighted by Crippen LogP contribution is 2.26. The van der Waals surface area contributed by atoms with Gasteiger partial charge in [-0.2, -0.15) is 0 Å². The summed E-state index contributed by atoms with van der Waals surface area (Å²) in [6.07, 6.45) is 24.5. The van der Waals surface area contributed by atoms with Gasteiger partial charge in [0.15, 0.2) is 5.78 Å². The molecule has 0 aliphatic heterocycles. The number of carbonyl (C=O) groups excluding carboxylic acids is 1. The van der Waals surface area contributed by atoms with Gasteiger partial charge in [-0.05, 0) is 37.7 Å². The Hall–Kier alpha value is -0.590. The van der Waals surface area contributed by atoms with Crippen LogP contribution >= 0.6 is 0 Å². The van der Waals surface area contributed by atoms with Gasteiger partial charge in [-0.3, -0.25) is 4.79 Å². The molecule has 24 heavy (non-hydrogen) atoms. The first-order valence-corrected chi connectivity index (χ1v) is 11.0. The Kier molecular flexibility index (Phi) is 13.2. The third kappa shape index (κ3) is 11.0. The van der Waals surface area contributed by atoms with E-state index in [0.717, 1.165) is 18.4 Å². The maximum Gasteiger partial charge on any atom is 0.158 e. The lowest BCUT2D eigenvalue weighted by Crippen LogP contribution is -2.07. The Morgan fingerprint density at radius 3 is 1.83 bits per heavy atom. The van der Waals surface area contributed by atoms with Crippen molar-refractivity contribution in [2.45, 2.75) is 123 Å². The van der Waals surface area contributed by atoms with Crippen LogP contribution in [0.15, 0.2) is 11.6 Å². The molecule has 1 rings (SSSR count). The molecule has 0 unspecified atom stereocenters. The maximum absolute atomic E-state index is 12.2. The number of allylic oxidation sites excluding steroid dienone is 2. The van der Waals surface area contributed by atoms with E-state index in [1.165, 1.54) is 96.3 Å². The zero-order valence-corrected chi connectivity index (χ0v) is 16.6. The standard InChI is InChI=1S/C23H42O/c1-3-4-5-6-7-8-9-10-11-12-16-19-23(24)21(2)20-22-17-14-13-15-18-22/h20,22H,3-19H2,1-2H3/b21-20+. The van der Waals surface area contributed by atoms with Crippen molar-refractivity contribution < 1.29 is 4.79 Å². The van der Waals surface area contributed by atoms with Crippen LogP contribution in [-0.4, -0.2) is 5.78 Å². The van der Waals surface area contributed by atoms with Gasteiger partial charge in [0.25, 0.3) is 0 Å². The monoisotopic (exact) mass is 334 g/mol. The smallest absolute Gasteiger partial charge is 0.158 e. The van der Waals surface area contributed by atoms with Gasteiger partial charge in [-0.1, -0.05) is 96.5 Å². The Labute approximate surface area is 151 Å². The number of hydrogen-bond acceptors (Lipinski definition) is 1. The number of carbonyl (C=O) groups is 1. The molecular weight excluding hydrogens is 292 g/mol. The summed E-state index contributed by atoms with van der Waals surface area (Å²) in [5.74, 6) is 1.08. The molecule has 1 saturated carbocycles. The fourth-order valence-corrected chi connectivity index (χ4v) is 3.89. The van der Waals surface area contributed by atoms with Crippen LogP contribution in [0.25, 0.3) is 0 Å². The zero-order chi connectivity index (χ0) is 17.5. The molecular formula is C23H42O. The van der Waals surface area contributed by atoms with Gasteiger partial charge in [-0.25, -0.2) is 0 Å². The van der Waals surface area contributed by atoms with Gasteiger partial charge in [0.2, 0.25) is 0 Å². The van der Waals surface area contributed by atoms with Gasteiger partial charge < -0.3 is 0 Å². The van der Waals surface area contributed by atoms with Crippen molar-refractivity contribution in [2.75, 3.05) is 0 Å². The van der Waals surface area contributed by atoms with Crippen LogP contribution in [0.2, 0.25) is 0 Å². The van der Waals surface area contributed by atoms with E-state index in [2.05, 4.69) is 13.0 Å². The van der Waals surface area contributed by atoms with E-state index in [4.69, 9.17) is 0 Å². The van der Waals surface area contributed by atoms with Crippen LogP contribution in [0.3, 0.4) is 0 Å². The summed E-state index contributed by atoms with van der Waals surface area (Å²) in [4.78, 5) is 12.2. The van der Waals surface area contributed by atoms with Crippen molar-refractivity contribution in [1.29, 1.82) is 0 Å². The predicted octanol–water partition coefficient (Wildman–Crippen LogP) is 7.78. The number of hydrogen-bond donors (Lipinski definition) is 0. The van der Waals surface area contributed by atoms with E-state index >= 15 is 0 Å². The molecule has 0 aromatic heterocycles. The third-order valence-corrected chi connectivity index (χ3v) is 5.58. The lowest BCUT2D eigenvalue weighted by Gasteiger charge is -2.18. The molecule has 0 saturated heterocycles. The van der Waals surface area contributed by atoms with E-state index < -0.39 is 0 Å². The van der Waals surface area contributed by atoms with Gasteiger partial charge in [0.05, 0.1) is 0 Å². The molecule has 0 radical (unpaired) electrons. The van der Waals surface area contributed by atoms with Crippen LogP contribution in [0.4, 0.5) is 0 Å². The minimum atomic E-state index is 0.400. The molecule has 1 aliphatic carbocycles. The van der Waals surface area contributed by atoms with Crippen molar-refractivity contribution in [3.05, 3.63) is 11.6 Å². The highest BCUT2D eigenvalue weighted by atomic mass is 16.1. The Balaban J connectivity index is 1.94. The van der Waals surface area contributed by atoms with Crippen molar-refractivity contribution in [3.63, 3.8) is 0 Å². The molecule has 1 aliphatic rings. The summed E-state index contributed by atoms with van der Waals surface area (Å²) in [6.45, 7) is 4.31. The van der Waals surface area contributed by atoms with Gasteiger partial charge in [0.1, 0.15) is 0 Å². The summed E-state index contributed by atoms with van der Waals surface area (Å²) in [5.41, 5.74) is 1.04. The Morgan fingerprint density at radius 2 is 1.29 bits per heavy atom. The van der Waals surface area contributed by atoms with Crippen LogP contribution in [0, 0.1) is 5.92 Å². The normalized spacial score (nSPS) is 16.5. The number of unbranched alkanes of at least 4 members (excludes halogenated alkanes) is 10. The third-order valence-electron chi connectivity index (χ3n) is 5.58. The molecule has 0 aromatic carbocycles. The van der Waals surface area contributed by atoms with Crippen molar-refractivity contribution in [1.82, 2.24) is 0 Å². The van der Waals surface area contributed by atoms with Gasteiger partial charge in [0, 0.05) is 6.42 Å². The summed E-state index contributed by atoms with van der Waals surface area (Å²) in [6, 6.07) is 0. The first-order valence-electron chi connectivity index (χ1n) is 11.0. The number of Topliss-reactive ketones (excluding diaryl/α,β-unsaturated/α-hetero) is 1. The number of ketones is 1. The Bertz CT molecular complexity index is 336. The molecule has 0 amide bonds. The van der Waals surface area contributed by atoms with Crippen molar-refractivity contribution >= 4 is 5.78 Å². The van der Waals surface area contributed by atoms with E-state index in [-0.39, 0.29) is 0 Å². The fourth-order valence-electron chi connectivity index (χ4n) is 3.89. The average molecular weight is 335 g/mol. The first kappa shape index (κ1) is 21.5. The molecule has 1 nitrogen and oxygen atoms in total. The summed E-state index contributed by atoms with van der Waals surface area (Å²) >= 11 is 0. The zero-order valence-electron chi connectivity index (χ0n) is 16.6. The van der Waals surface area contributed by atoms with Gasteiger partial charge >= 0.3 is 0 Å². The van der Waals surface area contributed by atoms with Crippen molar-refractivity contribution in [2.24, 2.45) is 5.92 Å². The molecule has 0 heterocycles. The molecule has 0 atom stereocenters. The molecule has 1 fully saturated rings. The second-order valence-corrected chi connectivity index (χ2v) is 7.96. The first-order chi connectivity index (χ1) is 11.7. The summed E-state index contributed by atoms with van der Waals surface area (Å²) < 4.78 is 0. The maximum atomic E-state index is 12.2. The molecule has 0 bridgehead atoms. The van der Waals surface area contributed by atoms with Crippen LogP contribution in [-0.2, 0) is 4.79 Å². The SMILES string of the molecule is CCCCCCCCCCCCCC(=O)/C(C)=C/C1CCCCC1. The highest BCUT2D eigenvalue weighted by molar-refractivity contribution is 5.94. The quantitative estimate of drug-likeness (QED) is 0.234. The second kappa shape index (κ2) is 14.7. The molecule has 0 spiro atoms. The summed E-state index contributed by atoms with van der Waals surface area (Å²) in [5, 5.41) is 0. The van der Waals surface area contributed by atoms with E-state index in [1.54, 1.807) is 0 Å². The van der Waals surface area contributed by atoms with Crippen LogP contribution < -0.4 is 0 Å². The lowest BCUT2D eigenvalue weighted by atomic mass is 9.87. The van der Waals surface area contributed by atoms with E-state index in [1.807, 2.05) is 6.92 Å². The van der Waals surface area contributed by atoms with Crippen molar-refractivity contribution in [3.8, 4) is 0 Å². The van der Waals surface area contributed by atoms with Crippen LogP contribution in [0.1, 0.15) is 123 Å². The number of rotatable bonds is 14. The van der Waals surface area contributed by atoms with Gasteiger partial charge in [-0.15, -0.1) is 0 Å². The molecule has 1 heteroatoms. The van der Waals surface area contributed by atoms with E-state index in [0.29, 0.717) is 11.7 Å². The minimum Gasteiger partial charge on any atom is -0.295 e. The Morgan fingerprint density at radius 1 is 0.792 bits per heavy atom. The lowest BCUT2D eigenvalue weighted by molar-refractivity contribution is -0.115. The molecule has 0 aromatic rings. The largest absolute Gasteiger partial charge is 0.295 e. The highest BCUT2D eigenvalue weighted by Gasteiger charge is 2.13.